The molecule has 0 aromatic heterocycles. The van der Waals surface area contributed by atoms with Crippen LogP contribution in [0.2, 0.25) is 0 Å². The van der Waals surface area contributed by atoms with Crippen LogP contribution in [0.1, 0.15) is 38.5 Å². The largest absolute Gasteiger partial charge is 0.371 e. The summed E-state index contributed by atoms with van der Waals surface area (Å²) in [7, 11) is 0. The van der Waals surface area contributed by atoms with Crippen LogP contribution in [0.5, 0.6) is 0 Å². The lowest BCUT2D eigenvalue weighted by molar-refractivity contribution is -0.261. The number of rotatable bonds is 6. The minimum Gasteiger partial charge on any atom is -0.371 e. The lowest BCUT2D eigenvalue weighted by Gasteiger charge is -2.71. The van der Waals surface area contributed by atoms with Crippen molar-refractivity contribution in [2.45, 2.75) is 56.1 Å². The normalized spacial score (nSPS) is 40.2. The first-order chi connectivity index (χ1) is 17.8. The smallest absolute Gasteiger partial charge is 0.196 e. The number of likely N-dealkylation sites (tertiary alicyclic amines) is 1. The van der Waals surface area contributed by atoms with Crippen molar-refractivity contribution in [3.05, 3.63) is 12.3 Å². The molecule has 0 aromatic carbocycles. The number of nitrogens with one attached hydrogen (secondary N) is 5. The molecule has 11 heteroatoms. The van der Waals surface area contributed by atoms with Crippen molar-refractivity contribution in [1.82, 2.24) is 46.5 Å². The molecule has 0 aromatic rings. The van der Waals surface area contributed by atoms with Gasteiger partial charge in [0.2, 0.25) is 0 Å². The number of hydrogen-bond donors (Lipinski definition) is 5. The highest BCUT2D eigenvalue weighted by Crippen LogP contribution is 2.58. The standard InChI is InChI=1S/C25H43N11/c1-2-16-33(15-1)23(34-17-3-4-18-34)7-10-30-25(35-19-5-8-31-35,36-20-6-9-32-36)24(23,21-26-11-12-27-21)22-28-13-14-29-22/h1,8,15,21,26-27,30,32H,2-7,9-14,16-20H2,(H,28,29). The Morgan fingerprint density at radius 3 is 2.44 bits per heavy atom. The number of nitrogens with zero attached hydrogens (tertiary/aromatic N) is 6. The molecule has 0 spiro atoms. The van der Waals surface area contributed by atoms with Crippen molar-refractivity contribution >= 4 is 12.1 Å². The molecule has 198 valence electrons. The van der Waals surface area contributed by atoms with Gasteiger partial charge in [-0.3, -0.25) is 36.3 Å². The minimum atomic E-state index is -0.598. The van der Waals surface area contributed by atoms with Gasteiger partial charge in [0.15, 0.2) is 5.79 Å². The van der Waals surface area contributed by atoms with Crippen LogP contribution >= 0.6 is 0 Å². The summed E-state index contributed by atoms with van der Waals surface area (Å²) in [5.41, 5.74) is 3.06. The molecular weight excluding hydrogens is 454 g/mol. The topological polar surface area (TPSA) is 97.8 Å². The Morgan fingerprint density at radius 2 is 1.78 bits per heavy atom. The second-order valence-electron chi connectivity index (χ2n) is 11.2. The monoisotopic (exact) mass is 497 g/mol. The fourth-order valence-corrected chi connectivity index (χ4v) is 8.46. The van der Waals surface area contributed by atoms with E-state index in [1.807, 2.05) is 0 Å². The highest BCUT2D eigenvalue weighted by atomic mass is 15.8. The third-order valence-electron chi connectivity index (χ3n) is 9.57. The first-order valence-electron chi connectivity index (χ1n) is 14.3. The molecule has 36 heavy (non-hydrogen) atoms. The maximum absolute atomic E-state index is 5.33. The summed E-state index contributed by atoms with van der Waals surface area (Å²) in [5, 5.41) is 25.9. The Kier molecular flexibility index (Phi) is 5.98. The molecule has 0 bridgehead atoms. The van der Waals surface area contributed by atoms with Gasteiger partial charge in [-0.25, -0.2) is 5.01 Å². The van der Waals surface area contributed by atoms with Crippen molar-refractivity contribution in [1.29, 1.82) is 0 Å². The van der Waals surface area contributed by atoms with E-state index in [9.17, 15) is 0 Å². The van der Waals surface area contributed by atoms with E-state index in [1.54, 1.807) is 0 Å². The summed E-state index contributed by atoms with van der Waals surface area (Å²) in [6.07, 6.45) is 13.6. The molecule has 0 saturated carbocycles. The van der Waals surface area contributed by atoms with Crippen LogP contribution in [0.25, 0.3) is 0 Å². The van der Waals surface area contributed by atoms with Gasteiger partial charge in [0, 0.05) is 78.1 Å². The Hall–Kier alpha value is -1.76. The fraction of sp³-hybridized carbons (Fsp3) is 0.840. The molecule has 7 aliphatic rings. The van der Waals surface area contributed by atoms with E-state index >= 15 is 0 Å². The average molecular weight is 498 g/mol. The van der Waals surface area contributed by atoms with Crippen LogP contribution in [-0.4, -0.2) is 121 Å². The molecule has 0 aliphatic carbocycles. The molecule has 0 radical (unpaired) electrons. The van der Waals surface area contributed by atoms with Crippen LogP contribution in [0, 0.1) is 5.41 Å². The number of hydrazine groups is 1. The van der Waals surface area contributed by atoms with Gasteiger partial charge in [-0.1, -0.05) is 6.08 Å². The van der Waals surface area contributed by atoms with Gasteiger partial charge >= 0.3 is 0 Å². The SMILES string of the molecule is C1=CN(C2(N3CCCC3)CCNC(N3CCC=N3)(N3CCCN3)C2(C2=NCCN2)C2NCCN2)CC1. The summed E-state index contributed by atoms with van der Waals surface area (Å²) in [6.45, 7) is 10.7. The molecule has 3 atom stereocenters. The number of amidine groups is 1. The molecule has 0 amide bonds. The highest BCUT2D eigenvalue weighted by molar-refractivity contribution is 5.93. The van der Waals surface area contributed by atoms with E-state index in [0.29, 0.717) is 0 Å². The molecule has 4 fully saturated rings. The van der Waals surface area contributed by atoms with Crippen LogP contribution in [0.3, 0.4) is 0 Å². The molecule has 11 nitrogen and oxygen atoms in total. The minimum absolute atomic E-state index is 0.0300. The highest BCUT2D eigenvalue weighted by Gasteiger charge is 2.79. The van der Waals surface area contributed by atoms with Gasteiger partial charge in [-0.15, -0.1) is 0 Å². The maximum atomic E-state index is 5.33. The zero-order valence-corrected chi connectivity index (χ0v) is 21.5. The summed E-state index contributed by atoms with van der Waals surface area (Å²) in [4.78, 5) is 10.9. The first kappa shape index (κ1) is 23.4. The van der Waals surface area contributed by atoms with E-state index in [2.05, 4.69) is 65.0 Å². The zero-order valence-electron chi connectivity index (χ0n) is 21.5. The third-order valence-corrected chi connectivity index (χ3v) is 9.57. The molecule has 7 heterocycles. The van der Waals surface area contributed by atoms with Crippen molar-refractivity contribution in [3.8, 4) is 0 Å². The Bertz CT molecular complexity index is 852. The molecular formula is C25H43N11. The summed E-state index contributed by atoms with van der Waals surface area (Å²) < 4.78 is 0. The summed E-state index contributed by atoms with van der Waals surface area (Å²) in [5.74, 6) is 0.531. The third kappa shape index (κ3) is 3.01. The zero-order chi connectivity index (χ0) is 24.1. The molecule has 4 saturated heterocycles. The van der Waals surface area contributed by atoms with Gasteiger partial charge in [0.1, 0.15) is 16.9 Å². The second-order valence-corrected chi connectivity index (χ2v) is 11.2. The predicted octanol–water partition coefficient (Wildman–Crippen LogP) is -0.946. The van der Waals surface area contributed by atoms with E-state index in [0.717, 1.165) is 104 Å². The first-order valence-corrected chi connectivity index (χ1v) is 14.3. The average Bonchev–Trinajstić information content (AvgIpc) is 3.79. The number of hydrazone groups is 1. The second kappa shape index (κ2) is 9.21. The van der Waals surface area contributed by atoms with Crippen LogP contribution < -0.4 is 26.7 Å². The lowest BCUT2D eigenvalue weighted by Crippen LogP contribution is -2.94. The molecule has 7 aliphatic heterocycles. The lowest BCUT2D eigenvalue weighted by atomic mass is 9.59. The van der Waals surface area contributed by atoms with Crippen LogP contribution in [0.4, 0.5) is 0 Å². The molecule has 7 rings (SSSR count). The summed E-state index contributed by atoms with van der Waals surface area (Å²) >= 11 is 0. The van der Waals surface area contributed by atoms with Gasteiger partial charge in [0.05, 0.1) is 12.7 Å². The van der Waals surface area contributed by atoms with Crippen molar-refractivity contribution < 1.29 is 0 Å². The van der Waals surface area contributed by atoms with Crippen molar-refractivity contribution in [3.63, 3.8) is 0 Å². The quantitative estimate of drug-likeness (QED) is 0.318. The van der Waals surface area contributed by atoms with Crippen molar-refractivity contribution in [2.24, 2.45) is 15.5 Å². The van der Waals surface area contributed by atoms with Gasteiger partial charge < -0.3 is 10.2 Å². The van der Waals surface area contributed by atoms with E-state index < -0.39 is 11.2 Å². The predicted molar refractivity (Wildman–Crippen MR) is 141 cm³/mol. The molecule has 3 unspecified atom stereocenters. The Morgan fingerprint density at radius 1 is 0.889 bits per heavy atom. The summed E-state index contributed by atoms with van der Waals surface area (Å²) in [6, 6.07) is 0. The van der Waals surface area contributed by atoms with E-state index in [1.165, 1.54) is 12.8 Å². The van der Waals surface area contributed by atoms with Gasteiger partial charge in [0.25, 0.3) is 0 Å². The van der Waals surface area contributed by atoms with E-state index in [-0.39, 0.29) is 11.8 Å². The van der Waals surface area contributed by atoms with Crippen LogP contribution in [-0.2, 0) is 0 Å². The van der Waals surface area contributed by atoms with Gasteiger partial charge in [-0.2, -0.15) is 5.10 Å². The van der Waals surface area contributed by atoms with Gasteiger partial charge in [-0.05, 0) is 38.3 Å². The number of hydrogen-bond acceptors (Lipinski definition) is 11. The number of aliphatic imine (C=N–C) groups is 1. The number of piperidine rings is 1. The van der Waals surface area contributed by atoms with Crippen LogP contribution in [0.15, 0.2) is 22.4 Å². The molecule has 5 N–H and O–H groups in total. The fourth-order valence-electron chi connectivity index (χ4n) is 8.46. The Labute approximate surface area is 214 Å². The maximum Gasteiger partial charge on any atom is 0.196 e. The van der Waals surface area contributed by atoms with E-state index in [4.69, 9.17) is 10.1 Å². The van der Waals surface area contributed by atoms with Crippen molar-refractivity contribution in [2.75, 3.05) is 72.0 Å². The Balaban J connectivity index is 1.55.